The number of nitrogens with one attached hydrogen (secondary N) is 1. The summed E-state index contributed by atoms with van der Waals surface area (Å²) in [6.07, 6.45) is 2.40. The van der Waals surface area contributed by atoms with Crippen molar-refractivity contribution in [3.63, 3.8) is 0 Å². The van der Waals surface area contributed by atoms with E-state index in [4.69, 9.17) is 0 Å². The van der Waals surface area contributed by atoms with Gasteiger partial charge in [0, 0.05) is 18.3 Å². The number of aliphatic imine (C=N–C) groups is 1. The Balaban J connectivity index is 2.32. The minimum absolute atomic E-state index is 0.617. The lowest BCUT2D eigenvalue weighted by Crippen LogP contribution is -2.35. The standard InChI is InChI=1S/C8H16N2S/c1-3-5-9-8-10-7(2)4-6-11-8/h7H,3-6H2,1-2H3,(H,9,10). The number of hydrogen-bond donors (Lipinski definition) is 1. The molecule has 0 aliphatic carbocycles. The molecule has 1 saturated heterocycles. The molecule has 64 valence electrons. The maximum absolute atomic E-state index is 4.42. The van der Waals surface area contributed by atoms with E-state index in [1.54, 1.807) is 0 Å². The van der Waals surface area contributed by atoms with Gasteiger partial charge < -0.3 is 5.32 Å². The Morgan fingerprint density at radius 1 is 1.73 bits per heavy atom. The summed E-state index contributed by atoms with van der Waals surface area (Å²) < 4.78 is 0. The van der Waals surface area contributed by atoms with Gasteiger partial charge in [0.1, 0.15) is 0 Å². The van der Waals surface area contributed by atoms with Crippen molar-refractivity contribution in [3.05, 3.63) is 0 Å². The van der Waals surface area contributed by atoms with Crippen LogP contribution in [0.5, 0.6) is 0 Å². The molecule has 1 unspecified atom stereocenters. The van der Waals surface area contributed by atoms with Crippen LogP contribution in [0.25, 0.3) is 0 Å². The quantitative estimate of drug-likeness (QED) is 0.687. The summed E-state index contributed by atoms with van der Waals surface area (Å²) in [6.45, 7) is 5.32. The van der Waals surface area contributed by atoms with Gasteiger partial charge in [0.25, 0.3) is 0 Å². The van der Waals surface area contributed by atoms with E-state index in [-0.39, 0.29) is 0 Å². The SMILES string of the molecule is CCCN=C1NC(C)CCS1. The summed E-state index contributed by atoms with van der Waals surface area (Å²) in [5.74, 6) is 1.22. The van der Waals surface area contributed by atoms with Gasteiger partial charge in [-0.05, 0) is 19.8 Å². The third-order valence-electron chi connectivity index (χ3n) is 1.64. The van der Waals surface area contributed by atoms with Crippen molar-refractivity contribution in [2.75, 3.05) is 12.3 Å². The van der Waals surface area contributed by atoms with Crippen LogP contribution in [0.1, 0.15) is 26.7 Å². The summed E-state index contributed by atoms with van der Waals surface area (Å²) in [6, 6.07) is 0.617. The molecule has 2 nitrogen and oxygen atoms in total. The highest BCUT2D eigenvalue weighted by Crippen LogP contribution is 2.13. The van der Waals surface area contributed by atoms with E-state index < -0.39 is 0 Å². The molecule has 1 fully saturated rings. The lowest BCUT2D eigenvalue weighted by molar-refractivity contribution is 0.642. The average molecular weight is 172 g/mol. The zero-order chi connectivity index (χ0) is 8.10. The predicted molar refractivity (Wildman–Crippen MR) is 52.3 cm³/mol. The molecule has 0 bridgehead atoms. The number of rotatable bonds is 2. The normalized spacial score (nSPS) is 28.5. The third-order valence-corrected chi connectivity index (χ3v) is 2.60. The smallest absolute Gasteiger partial charge is 0.156 e. The molecule has 3 heteroatoms. The topological polar surface area (TPSA) is 24.4 Å². The summed E-state index contributed by atoms with van der Waals surface area (Å²) in [5, 5.41) is 4.51. The number of amidine groups is 1. The van der Waals surface area contributed by atoms with Crippen molar-refractivity contribution in [3.8, 4) is 0 Å². The zero-order valence-electron chi connectivity index (χ0n) is 7.26. The largest absolute Gasteiger partial charge is 0.362 e. The molecular weight excluding hydrogens is 156 g/mol. The first-order valence-corrected chi connectivity index (χ1v) is 5.25. The van der Waals surface area contributed by atoms with Crippen LogP contribution in [-0.2, 0) is 0 Å². The molecule has 1 aliphatic heterocycles. The Morgan fingerprint density at radius 2 is 2.55 bits per heavy atom. The lowest BCUT2D eigenvalue weighted by atomic mass is 10.3. The van der Waals surface area contributed by atoms with Crippen molar-refractivity contribution in [1.82, 2.24) is 5.32 Å². The molecular formula is C8H16N2S. The molecule has 1 rings (SSSR count). The van der Waals surface area contributed by atoms with E-state index in [9.17, 15) is 0 Å². The first kappa shape index (κ1) is 8.91. The van der Waals surface area contributed by atoms with Gasteiger partial charge in [0.15, 0.2) is 5.17 Å². The van der Waals surface area contributed by atoms with Crippen LogP contribution < -0.4 is 5.32 Å². The van der Waals surface area contributed by atoms with Gasteiger partial charge in [-0.1, -0.05) is 18.7 Å². The van der Waals surface area contributed by atoms with E-state index in [0.29, 0.717) is 6.04 Å². The Kier molecular flexibility index (Phi) is 3.77. The molecule has 1 heterocycles. The third kappa shape index (κ3) is 3.14. The first-order valence-electron chi connectivity index (χ1n) is 4.26. The van der Waals surface area contributed by atoms with Crippen LogP contribution >= 0.6 is 11.8 Å². The molecule has 1 atom stereocenters. The summed E-state index contributed by atoms with van der Waals surface area (Å²) >= 11 is 1.85. The molecule has 0 radical (unpaired) electrons. The highest BCUT2D eigenvalue weighted by molar-refractivity contribution is 8.13. The van der Waals surface area contributed by atoms with Gasteiger partial charge in [-0.15, -0.1) is 0 Å². The lowest BCUT2D eigenvalue weighted by Gasteiger charge is -2.21. The number of nitrogens with zero attached hydrogens (tertiary/aromatic N) is 1. The van der Waals surface area contributed by atoms with Crippen LogP contribution in [0.3, 0.4) is 0 Å². The molecule has 0 saturated carbocycles. The Hall–Kier alpha value is -0.180. The first-order chi connectivity index (χ1) is 5.33. The van der Waals surface area contributed by atoms with E-state index in [1.165, 1.54) is 12.2 Å². The fraction of sp³-hybridized carbons (Fsp3) is 0.875. The van der Waals surface area contributed by atoms with Gasteiger partial charge >= 0.3 is 0 Å². The second-order valence-corrected chi connectivity index (χ2v) is 3.95. The second kappa shape index (κ2) is 4.65. The van der Waals surface area contributed by atoms with Gasteiger partial charge in [-0.3, -0.25) is 4.99 Å². The van der Waals surface area contributed by atoms with Gasteiger partial charge in [-0.25, -0.2) is 0 Å². The second-order valence-electron chi connectivity index (χ2n) is 2.87. The summed E-state index contributed by atoms with van der Waals surface area (Å²) in [7, 11) is 0. The summed E-state index contributed by atoms with van der Waals surface area (Å²) in [4.78, 5) is 4.42. The van der Waals surface area contributed by atoms with E-state index >= 15 is 0 Å². The van der Waals surface area contributed by atoms with Crippen LogP contribution in [-0.4, -0.2) is 23.5 Å². The number of thioether (sulfide) groups is 1. The Bertz CT molecular complexity index is 145. The molecule has 0 amide bonds. The fourth-order valence-corrected chi connectivity index (χ4v) is 2.09. The van der Waals surface area contributed by atoms with Crippen molar-refractivity contribution >= 4 is 16.9 Å². The van der Waals surface area contributed by atoms with Crippen LogP contribution in [0.4, 0.5) is 0 Å². The zero-order valence-corrected chi connectivity index (χ0v) is 8.08. The molecule has 0 aromatic carbocycles. The van der Waals surface area contributed by atoms with Gasteiger partial charge in [-0.2, -0.15) is 0 Å². The molecule has 1 N–H and O–H groups in total. The monoisotopic (exact) mass is 172 g/mol. The fourth-order valence-electron chi connectivity index (χ4n) is 0.962. The Morgan fingerprint density at radius 3 is 3.18 bits per heavy atom. The van der Waals surface area contributed by atoms with Crippen LogP contribution in [0.2, 0.25) is 0 Å². The molecule has 11 heavy (non-hydrogen) atoms. The van der Waals surface area contributed by atoms with Gasteiger partial charge in [0.2, 0.25) is 0 Å². The summed E-state index contributed by atoms with van der Waals surface area (Å²) in [5.41, 5.74) is 0. The van der Waals surface area contributed by atoms with E-state index in [2.05, 4.69) is 24.2 Å². The Labute approximate surface area is 72.9 Å². The van der Waals surface area contributed by atoms with Gasteiger partial charge in [0.05, 0.1) is 0 Å². The predicted octanol–water partition coefficient (Wildman–Crippen LogP) is 1.87. The molecule has 0 spiro atoms. The molecule has 0 aromatic heterocycles. The van der Waals surface area contributed by atoms with E-state index in [1.807, 2.05) is 11.8 Å². The van der Waals surface area contributed by atoms with E-state index in [0.717, 1.165) is 18.1 Å². The molecule has 1 aliphatic rings. The number of hydrogen-bond acceptors (Lipinski definition) is 2. The highest BCUT2D eigenvalue weighted by Gasteiger charge is 2.11. The minimum atomic E-state index is 0.617. The van der Waals surface area contributed by atoms with Crippen molar-refractivity contribution in [1.29, 1.82) is 0 Å². The maximum Gasteiger partial charge on any atom is 0.156 e. The van der Waals surface area contributed by atoms with Crippen molar-refractivity contribution < 1.29 is 0 Å². The average Bonchev–Trinajstić information content (AvgIpc) is 2.01. The van der Waals surface area contributed by atoms with Crippen molar-refractivity contribution in [2.45, 2.75) is 32.7 Å². The van der Waals surface area contributed by atoms with Crippen molar-refractivity contribution in [2.24, 2.45) is 4.99 Å². The maximum atomic E-state index is 4.42. The van der Waals surface area contributed by atoms with Crippen LogP contribution in [0, 0.1) is 0 Å². The highest BCUT2D eigenvalue weighted by atomic mass is 32.2. The van der Waals surface area contributed by atoms with Crippen LogP contribution in [0.15, 0.2) is 4.99 Å². The minimum Gasteiger partial charge on any atom is -0.362 e. The molecule has 0 aromatic rings.